The molecule has 0 unspecified atom stereocenters. The number of aromatic nitrogens is 2. The maximum absolute atomic E-state index is 11.3. The number of ketones is 1. The van der Waals surface area contributed by atoms with Gasteiger partial charge < -0.3 is 10.2 Å². The maximum Gasteiger partial charge on any atom is 0.159 e. The molecule has 0 radical (unpaired) electrons. The number of nitrogens with one attached hydrogen (secondary N) is 1. The van der Waals surface area contributed by atoms with Gasteiger partial charge >= 0.3 is 0 Å². The quantitative estimate of drug-likeness (QED) is 0.873. The predicted molar refractivity (Wildman–Crippen MR) is 83.2 cm³/mol. The number of carbonyl (C=O) groups is 1. The number of rotatable bonds is 4. The molecule has 5 heteroatoms. The van der Waals surface area contributed by atoms with E-state index in [-0.39, 0.29) is 5.78 Å². The summed E-state index contributed by atoms with van der Waals surface area (Å²) in [4.78, 5) is 22.1. The third-order valence-corrected chi connectivity index (χ3v) is 3.65. The van der Waals surface area contributed by atoms with E-state index in [0.717, 1.165) is 30.4 Å². The predicted octanol–water partition coefficient (Wildman–Crippen LogP) is 3.02. The maximum atomic E-state index is 11.3. The van der Waals surface area contributed by atoms with Gasteiger partial charge in [-0.3, -0.25) is 4.79 Å². The molecule has 0 amide bonds. The van der Waals surface area contributed by atoms with Crippen LogP contribution >= 0.6 is 0 Å². The lowest BCUT2D eigenvalue weighted by Gasteiger charge is -2.16. The van der Waals surface area contributed by atoms with Gasteiger partial charge in [0.15, 0.2) is 5.78 Å². The molecular formula is C16H18N4O. The fourth-order valence-corrected chi connectivity index (χ4v) is 2.47. The van der Waals surface area contributed by atoms with Crippen LogP contribution in [0.1, 0.15) is 30.1 Å². The molecule has 1 aromatic heterocycles. The zero-order valence-electron chi connectivity index (χ0n) is 12.0. The number of hydrogen-bond donors (Lipinski definition) is 1. The molecule has 0 aliphatic carbocycles. The van der Waals surface area contributed by atoms with E-state index in [9.17, 15) is 4.79 Å². The summed E-state index contributed by atoms with van der Waals surface area (Å²) in [5.74, 6) is 1.80. The second kappa shape index (κ2) is 5.91. The van der Waals surface area contributed by atoms with Gasteiger partial charge in [-0.15, -0.1) is 0 Å². The minimum atomic E-state index is 0.0694. The highest BCUT2D eigenvalue weighted by molar-refractivity contribution is 5.94. The largest absolute Gasteiger partial charge is 0.356 e. The van der Waals surface area contributed by atoms with Crippen LogP contribution in [0.4, 0.5) is 17.3 Å². The van der Waals surface area contributed by atoms with Crippen LogP contribution < -0.4 is 10.2 Å². The molecule has 0 atom stereocenters. The van der Waals surface area contributed by atoms with Gasteiger partial charge in [-0.1, -0.05) is 0 Å². The van der Waals surface area contributed by atoms with E-state index in [2.05, 4.69) is 20.2 Å². The molecule has 1 aromatic carbocycles. The molecule has 108 valence electrons. The Balaban J connectivity index is 1.75. The Labute approximate surface area is 124 Å². The summed E-state index contributed by atoms with van der Waals surface area (Å²) in [6.07, 6.45) is 4.03. The van der Waals surface area contributed by atoms with Crippen molar-refractivity contribution in [3.05, 3.63) is 42.2 Å². The molecule has 1 saturated heterocycles. The van der Waals surface area contributed by atoms with Gasteiger partial charge in [0.05, 0.1) is 0 Å². The highest BCUT2D eigenvalue weighted by Crippen LogP contribution is 2.21. The van der Waals surface area contributed by atoms with Gasteiger partial charge in [0.2, 0.25) is 0 Å². The van der Waals surface area contributed by atoms with E-state index < -0.39 is 0 Å². The summed E-state index contributed by atoms with van der Waals surface area (Å²) in [6.45, 7) is 3.68. The molecule has 1 fully saturated rings. The molecule has 3 rings (SSSR count). The van der Waals surface area contributed by atoms with Gasteiger partial charge in [0, 0.05) is 30.4 Å². The summed E-state index contributed by atoms with van der Waals surface area (Å²) in [7, 11) is 0. The fraction of sp³-hybridized carbons (Fsp3) is 0.312. The highest BCUT2D eigenvalue weighted by atomic mass is 16.1. The van der Waals surface area contributed by atoms with Crippen LogP contribution in [0.3, 0.4) is 0 Å². The number of hydrogen-bond acceptors (Lipinski definition) is 5. The Morgan fingerprint density at radius 1 is 1.14 bits per heavy atom. The van der Waals surface area contributed by atoms with E-state index in [1.165, 1.54) is 12.8 Å². The number of carbonyl (C=O) groups excluding carboxylic acids is 1. The first-order chi connectivity index (χ1) is 10.2. The van der Waals surface area contributed by atoms with Crippen molar-refractivity contribution in [2.24, 2.45) is 0 Å². The lowest BCUT2D eigenvalue weighted by atomic mass is 10.1. The fourth-order valence-electron chi connectivity index (χ4n) is 2.47. The summed E-state index contributed by atoms with van der Waals surface area (Å²) < 4.78 is 0. The number of anilines is 3. The van der Waals surface area contributed by atoms with Crippen molar-refractivity contribution in [3.8, 4) is 0 Å². The molecule has 1 N–H and O–H groups in total. The first kappa shape index (κ1) is 13.5. The van der Waals surface area contributed by atoms with Crippen LogP contribution in [0.15, 0.2) is 36.7 Å². The van der Waals surface area contributed by atoms with Crippen LogP contribution in [0.2, 0.25) is 0 Å². The summed E-state index contributed by atoms with van der Waals surface area (Å²) in [6, 6.07) is 9.35. The average Bonchev–Trinajstić information content (AvgIpc) is 3.02. The second-order valence-corrected chi connectivity index (χ2v) is 5.21. The van der Waals surface area contributed by atoms with Crippen molar-refractivity contribution in [1.29, 1.82) is 0 Å². The van der Waals surface area contributed by atoms with Crippen molar-refractivity contribution >= 4 is 23.1 Å². The van der Waals surface area contributed by atoms with Gasteiger partial charge in [0.25, 0.3) is 0 Å². The molecule has 0 saturated carbocycles. The summed E-state index contributed by atoms with van der Waals surface area (Å²) in [5.41, 5.74) is 1.62. The third kappa shape index (κ3) is 3.18. The van der Waals surface area contributed by atoms with Crippen LogP contribution in [0, 0.1) is 0 Å². The number of nitrogens with zero attached hydrogens (tertiary/aromatic N) is 3. The van der Waals surface area contributed by atoms with E-state index in [0.29, 0.717) is 5.56 Å². The van der Waals surface area contributed by atoms with Gasteiger partial charge in [-0.2, -0.15) is 0 Å². The van der Waals surface area contributed by atoms with Crippen molar-refractivity contribution in [3.63, 3.8) is 0 Å². The zero-order valence-corrected chi connectivity index (χ0v) is 12.0. The minimum absolute atomic E-state index is 0.0694. The van der Waals surface area contributed by atoms with E-state index in [1.54, 1.807) is 13.3 Å². The third-order valence-electron chi connectivity index (χ3n) is 3.65. The number of benzene rings is 1. The van der Waals surface area contributed by atoms with E-state index in [4.69, 9.17) is 0 Å². The first-order valence-electron chi connectivity index (χ1n) is 7.17. The van der Waals surface area contributed by atoms with Crippen molar-refractivity contribution in [1.82, 2.24) is 9.97 Å². The standard InChI is InChI=1S/C16H18N4O/c1-12(21)13-4-6-14(7-5-13)19-15-10-16(18-11-17-15)20-8-2-3-9-20/h4-7,10-11H,2-3,8-9H2,1H3,(H,17,18,19). The molecule has 1 aliphatic rings. The molecule has 5 nitrogen and oxygen atoms in total. The Kier molecular flexibility index (Phi) is 3.81. The lowest BCUT2D eigenvalue weighted by Crippen LogP contribution is -2.19. The van der Waals surface area contributed by atoms with Crippen LogP contribution in [-0.4, -0.2) is 28.8 Å². The second-order valence-electron chi connectivity index (χ2n) is 5.21. The topological polar surface area (TPSA) is 58.1 Å². The SMILES string of the molecule is CC(=O)c1ccc(Nc2cc(N3CCCC3)ncn2)cc1. The normalized spacial score (nSPS) is 14.2. The number of Topliss-reactive ketones (excluding diaryl/α,β-unsaturated/α-hetero) is 1. The lowest BCUT2D eigenvalue weighted by molar-refractivity contribution is 0.101. The molecule has 0 bridgehead atoms. The van der Waals surface area contributed by atoms with E-state index in [1.807, 2.05) is 30.3 Å². The summed E-state index contributed by atoms with van der Waals surface area (Å²) >= 11 is 0. The molecule has 0 spiro atoms. The van der Waals surface area contributed by atoms with Crippen LogP contribution in [-0.2, 0) is 0 Å². The Hall–Kier alpha value is -2.43. The van der Waals surface area contributed by atoms with E-state index >= 15 is 0 Å². The van der Waals surface area contributed by atoms with Crippen molar-refractivity contribution in [2.45, 2.75) is 19.8 Å². The molecule has 2 aromatic rings. The Morgan fingerprint density at radius 2 is 1.86 bits per heavy atom. The molecule has 1 aliphatic heterocycles. The zero-order chi connectivity index (χ0) is 14.7. The monoisotopic (exact) mass is 282 g/mol. The van der Waals surface area contributed by atoms with Crippen LogP contribution in [0.25, 0.3) is 0 Å². The first-order valence-corrected chi connectivity index (χ1v) is 7.17. The molecule has 2 heterocycles. The van der Waals surface area contributed by atoms with Crippen molar-refractivity contribution < 1.29 is 4.79 Å². The van der Waals surface area contributed by atoms with Gasteiger partial charge in [-0.05, 0) is 44.0 Å². The van der Waals surface area contributed by atoms with Crippen LogP contribution in [0.5, 0.6) is 0 Å². The van der Waals surface area contributed by atoms with Crippen molar-refractivity contribution in [2.75, 3.05) is 23.3 Å². The highest BCUT2D eigenvalue weighted by Gasteiger charge is 2.14. The Morgan fingerprint density at radius 3 is 2.52 bits per heavy atom. The van der Waals surface area contributed by atoms with Gasteiger partial charge in [-0.25, -0.2) is 9.97 Å². The molecule has 21 heavy (non-hydrogen) atoms. The van der Waals surface area contributed by atoms with Gasteiger partial charge in [0.1, 0.15) is 18.0 Å². The average molecular weight is 282 g/mol. The molecular weight excluding hydrogens is 264 g/mol. The Bertz CT molecular complexity index is 633. The summed E-state index contributed by atoms with van der Waals surface area (Å²) in [5, 5.41) is 3.24. The smallest absolute Gasteiger partial charge is 0.159 e. The minimum Gasteiger partial charge on any atom is -0.356 e.